The van der Waals surface area contributed by atoms with Crippen molar-refractivity contribution in [2.75, 3.05) is 19.6 Å². The summed E-state index contributed by atoms with van der Waals surface area (Å²) in [7, 11) is 0. The lowest BCUT2D eigenvalue weighted by Crippen LogP contribution is -2.50. The van der Waals surface area contributed by atoms with E-state index in [0.717, 1.165) is 19.6 Å². The molecule has 0 aliphatic carbocycles. The first kappa shape index (κ1) is 12.3. The van der Waals surface area contributed by atoms with E-state index in [1.165, 1.54) is 4.68 Å². The Morgan fingerprint density at radius 1 is 1.42 bits per heavy atom. The van der Waals surface area contributed by atoms with E-state index in [0.29, 0.717) is 23.6 Å². The van der Waals surface area contributed by atoms with E-state index in [9.17, 15) is 4.79 Å². The first-order chi connectivity index (χ1) is 9.24. The van der Waals surface area contributed by atoms with Gasteiger partial charge in [0.05, 0.1) is 12.1 Å². The largest absolute Gasteiger partial charge is 0.312 e. The van der Waals surface area contributed by atoms with E-state index < -0.39 is 0 Å². The van der Waals surface area contributed by atoms with Crippen molar-refractivity contribution in [3.63, 3.8) is 0 Å². The molecule has 1 aromatic heterocycles. The molecule has 0 radical (unpaired) electrons. The Balaban J connectivity index is 1.89. The molecule has 100 valence electrons. The SMILES string of the molecule is CC1CN(Cn2nnc3ccccc3c2=O)CCN1. The predicted octanol–water partition coefficient (Wildman–Crippen LogP) is 0.0427. The van der Waals surface area contributed by atoms with E-state index in [4.69, 9.17) is 0 Å². The van der Waals surface area contributed by atoms with Gasteiger partial charge in [-0.3, -0.25) is 9.69 Å². The lowest BCUT2D eigenvalue weighted by Gasteiger charge is -2.31. The van der Waals surface area contributed by atoms with Gasteiger partial charge < -0.3 is 5.32 Å². The van der Waals surface area contributed by atoms with Gasteiger partial charge in [-0.05, 0) is 19.1 Å². The van der Waals surface area contributed by atoms with Crippen molar-refractivity contribution >= 4 is 10.9 Å². The summed E-state index contributed by atoms with van der Waals surface area (Å²) in [5, 5.41) is 12.1. The van der Waals surface area contributed by atoms with Crippen LogP contribution in [0.25, 0.3) is 10.9 Å². The maximum Gasteiger partial charge on any atom is 0.278 e. The summed E-state index contributed by atoms with van der Waals surface area (Å²) in [6, 6.07) is 7.75. The molecule has 1 saturated heterocycles. The molecule has 1 N–H and O–H groups in total. The van der Waals surface area contributed by atoms with Crippen LogP contribution in [0.1, 0.15) is 6.92 Å². The molecule has 0 spiro atoms. The van der Waals surface area contributed by atoms with Crippen molar-refractivity contribution in [2.45, 2.75) is 19.6 Å². The Kier molecular flexibility index (Phi) is 3.27. The Morgan fingerprint density at radius 3 is 3.11 bits per heavy atom. The number of benzene rings is 1. The van der Waals surface area contributed by atoms with Gasteiger partial charge in [0.15, 0.2) is 0 Å². The van der Waals surface area contributed by atoms with Crippen molar-refractivity contribution in [3.8, 4) is 0 Å². The first-order valence-electron chi connectivity index (χ1n) is 6.52. The van der Waals surface area contributed by atoms with Crippen molar-refractivity contribution in [3.05, 3.63) is 34.6 Å². The molecule has 2 aromatic rings. The zero-order chi connectivity index (χ0) is 13.2. The van der Waals surface area contributed by atoms with Crippen molar-refractivity contribution in [1.29, 1.82) is 0 Å². The number of hydrogen-bond acceptors (Lipinski definition) is 5. The fourth-order valence-electron chi connectivity index (χ4n) is 2.45. The minimum Gasteiger partial charge on any atom is -0.312 e. The highest BCUT2D eigenvalue weighted by molar-refractivity contribution is 5.76. The van der Waals surface area contributed by atoms with E-state index in [1.54, 1.807) is 12.1 Å². The molecule has 0 amide bonds. The maximum atomic E-state index is 12.3. The molecule has 1 aliphatic heterocycles. The third kappa shape index (κ3) is 2.50. The predicted molar refractivity (Wildman–Crippen MR) is 72.8 cm³/mol. The molecule has 1 aliphatic rings. The van der Waals surface area contributed by atoms with Crippen LogP contribution in [0.4, 0.5) is 0 Å². The van der Waals surface area contributed by atoms with E-state index in [-0.39, 0.29) is 5.56 Å². The third-order valence-corrected chi connectivity index (χ3v) is 3.42. The van der Waals surface area contributed by atoms with E-state index in [1.807, 2.05) is 12.1 Å². The molecule has 1 atom stereocenters. The summed E-state index contributed by atoms with van der Waals surface area (Å²) in [5.74, 6) is 0. The Morgan fingerprint density at radius 2 is 2.26 bits per heavy atom. The zero-order valence-corrected chi connectivity index (χ0v) is 10.9. The average molecular weight is 259 g/mol. The standard InChI is InChI=1S/C13H17N5O/c1-10-8-17(7-6-14-10)9-18-13(19)11-4-2-3-5-12(11)15-16-18/h2-5,10,14H,6-9H2,1H3. The molecule has 6 nitrogen and oxygen atoms in total. The summed E-state index contributed by atoms with van der Waals surface area (Å²) < 4.78 is 1.44. The van der Waals surface area contributed by atoms with Crippen molar-refractivity contribution in [2.24, 2.45) is 0 Å². The number of aromatic nitrogens is 3. The highest BCUT2D eigenvalue weighted by Crippen LogP contribution is 2.04. The summed E-state index contributed by atoms with van der Waals surface area (Å²) >= 11 is 0. The van der Waals surface area contributed by atoms with Gasteiger partial charge in [-0.25, -0.2) is 0 Å². The number of piperazine rings is 1. The first-order valence-corrected chi connectivity index (χ1v) is 6.52. The van der Waals surface area contributed by atoms with Gasteiger partial charge in [-0.2, -0.15) is 4.68 Å². The Hall–Kier alpha value is -1.79. The van der Waals surface area contributed by atoms with Crippen LogP contribution < -0.4 is 10.9 Å². The summed E-state index contributed by atoms with van der Waals surface area (Å²) in [5.41, 5.74) is 0.578. The molecule has 3 rings (SSSR count). The van der Waals surface area contributed by atoms with Crippen molar-refractivity contribution in [1.82, 2.24) is 25.2 Å². The highest BCUT2D eigenvalue weighted by atomic mass is 16.1. The fourth-order valence-corrected chi connectivity index (χ4v) is 2.45. The molecule has 0 saturated carbocycles. The second-order valence-corrected chi connectivity index (χ2v) is 4.98. The lowest BCUT2D eigenvalue weighted by atomic mass is 10.2. The van der Waals surface area contributed by atoms with Gasteiger partial charge in [-0.1, -0.05) is 17.3 Å². The molecular weight excluding hydrogens is 242 g/mol. The molecular formula is C13H17N5O. The van der Waals surface area contributed by atoms with Gasteiger partial charge in [0.2, 0.25) is 0 Å². The van der Waals surface area contributed by atoms with E-state index >= 15 is 0 Å². The normalized spacial score (nSPS) is 20.8. The van der Waals surface area contributed by atoms with Crippen LogP contribution in [0.3, 0.4) is 0 Å². The Bertz CT molecular complexity index is 638. The monoisotopic (exact) mass is 259 g/mol. The molecule has 0 bridgehead atoms. The highest BCUT2D eigenvalue weighted by Gasteiger charge is 2.16. The topological polar surface area (TPSA) is 63.1 Å². The van der Waals surface area contributed by atoms with Crippen LogP contribution in [0.15, 0.2) is 29.1 Å². The van der Waals surface area contributed by atoms with Crippen LogP contribution in [0.2, 0.25) is 0 Å². The molecule has 1 fully saturated rings. The van der Waals surface area contributed by atoms with Crippen LogP contribution >= 0.6 is 0 Å². The van der Waals surface area contributed by atoms with Crippen LogP contribution in [0, 0.1) is 0 Å². The molecule has 2 heterocycles. The number of rotatable bonds is 2. The number of nitrogens with one attached hydrogen (secondary N) is 1. The second kappa shape index (κ2) is 5.07. The quantitative estimate of drug-likeness (QED) is 0.825. The lowest BCUT2D eigenvalue weighted by molar-refractivity contribution is 0.153. The smallest absolute Gasteiger partial charge is 0.278 e. The molecule has 19 heavy (non-hydrogen) atoms. The number of hydrogen-bond donors (Lipinski definition) is 1. The van der Waals surface area contributed by atoms with Gasteiger partial charge in [0.25, 0.3) is 5.56 Å². The average Bonchev–Trinajstić information content (AvgIpc) is 2.42. The van der Waals surface area contributed by atoms with Gasteiger partial charge in [-0.15, -0.1) is 5.10 Å². The fraction of sp³-hybridized carbons (Fsp3) is 0.462. The summed E-state index contributed by atoms with van der Waals surface area (Å²) in [6.45, 7) is 5.42. The molecule has 1 aromatic carbocycles. The summed E-state index contributed by atoms with van der Waals surface area (Å²) in [4.78, 5) is 14.5. The minimum atomic E-state index is -0.0724. The van der Waals surface area contributed by atoms with Gasteiger partial charge in [0, 0.05) is 25.7 Å². The van der Waals surface area contributed by atoms with Crippen LogP contribution in [-0.4, -0.2) is 45.6 Å². The van der Waals surface area contributed by atoms with Gasteiger partial charge in [0.1, 0.15) is 5.52 Å². The number of nitrogens with zero attached hydrogens (tertiary/aromatic N) is 4. The molecule has 6 heteroatoms. The third-order valence-electron chi connectivity index (χ3n) is 3.42. The molecule has 1 unspecified atom stereocenters. The minimum absolute atomic E-state index is 0.0724. The van der Waals surface area contributed by atoms with Crippen molar-refractivity contribution < 1.29 is 0 Å². The summed E-state index contributed by atoms with van der Waals surface area (Å²) in [6.07, 6.45) is 0. The van der Waals surface area contributed by atoms with Crippen LogP contribution in [0.5, 0.6) is 0 Å². The van der Waals surface area contributed by atoms with Gasteiger partial charge >= 0.3 is 0 Å². The zero-order valence-electron chi connectivity index (χ0n) is 10.9. The maximum absolute atomic E-state index is 12.3. The van der Waals surface area contributed by atoms with E-state index in [2.05, 4.69) is 27.5 Å². The van der Waals surface area contributed by atoms with Crippen LogP contribution in [-0.2, 0) is 6.67 Å². The Labute approximate surface area is 111 Å². The number of fused-ring (bicyclic) bond motifs is 1. The second-order valence-electron chi connectivity index (χ2n) is 4.98.